The average molecular weight is 300 g/mol. The van der Waals surface area contributed by atoms with Crippen LogP contribution in [0.25, 0.3) is 0 Å². The molecule has 2 unspecified atom stereocenters. The summed E-state index contributed by atoms with van der Waals surface area (Å²) in [5.41, 5.74) is 0. The first-order valence-electron chi connectivity index (χ1n) is 7.20. The maximum Gasteiger partial charge on any atom is 0.303 e. The van der Waals surface area contributed by atoms with Crippen LogP contribution in [-0.2, 0) is 19.1 Å². The molecule has 2 atom stereocenters. The number of amides is 2. The van der Waals surface area contributed by atoms with Crippen molar-refractivity contribution in [1.29, 1.82) is 0 Å². The van der Waals surface area contributed by atoms with Gasteiger partial charge in [-0.2, -0.15) is 0 Å². The monoisotopic (exact) mass is 300 g/mol. The first-order valence-corrected chi connectivity index (χ1v) is 7.20. The molecule has 21 heavy (non-hydrogen) atoms. The lowest BCUT2D eigenvalue weighted by atomic mass is 10.0. The van der Waals surface area contributed by atoms with Crippen molar-refractivity contribution in [2.24, 2.45) is 11.8 Å². The van der Waals surface area contributed by atoms with Crippen LogP contribution in [0.2, 0.25) is 0 Å². The van der Waals surface area contributed by atoms with Gasteiger partial charge in [-0.3, -0.25) is 14.4 Å². The van der Waals surface area contributed by atoms with Crippen LogP contribution in [0.3, 0.4) is 0 Å². The van der Waals surface area contributed by atoms with Gasteiger partial charge in [-0.05, 0) is 12.3 Å². The summed E-state index contributed by atoms with van der Waals surface area (Å²) >= 11 is 0. The fourth-order valence-electron chi connectivity index (χ4n) is 2.26. The quantitative estimate of drug-likeness (QED) is 0.629. The standard InChI is InChI=1S/C14H24N2O5/c1-10(3-4-13(18)19)8-15-14(20)11-7-12(17)16(9-11)5-6-21-2/h10-11H,3-9H2,1-2H3,(H,15,20)(H,18,19). The highest BCUT2D eigenvalue weighted by atomic mass is 16.5. The summed E-state index contributed by atoms with van der Waals surface area (Å²) in [6.07, 6.45) is 0.863. The number of likely N-dealkylation sites (tertiary alicyclic amines) is 1. The molecular weight excluding hydrogens is 276 g/mol. The molecule has 0 spiro atoms. The Bertz CT molecular complexity index is 386. The van der Waals surface area contributed by atoms with Gasteiger partial charge >= 0.3 is 5.97 Å². The summed E-state index contributed by atoms with van der Waals surface area (Å²) in [7, 11) is 1.57. The smallest absolute Gasteiger partial charge is 0.303 e. The van der Waals surface area contributed by atoms with Crippen molar-refractivity contribution in [3.63, 3.8) is 0 Å². The molecule has 0 aromatic rings. The van der Waals surface area contributed by atoms with Gasteiger partial charge in [0.2, 0.25) is 11.8 Å². The number of hydrogen-bond donors (Lipinski definition) is 2. The van der Waals surface area contributed by atoms with E-state index in [0.29, 0.717) is 32.7 Å². The molecule has 120 valence electrons. The summed E-state index contributed by atoms with van der Waals surface area (Å²) in [5.74, 6) is -1.20. The Morgan fingerprint density at radius 3 is 2.86 bits per heavy atom. The van der Waals surface area contributed by atoms with Crippen LogP contribution < -0.4 is 5.32 Å². The van der Waals surface area contributed by atoms with Gasteiger partial charge in [0.15, 0.2) is 0 Å². The van der Waals surface area contributed by atoms with Crippen LogP contribution in [0.15, 0.2) is 0 Å². The summed E-state index contributed by atoms with van der Waals surface area (Å²) < 4.78 is 4.93. The molecule has 1 aliphatic rings. The zero-order chi connectivity index (χ0) is 15.8. The number of nitrogens with one attached hydrogen (secondary N) is 1. The van der Waals surface area contributed by atoms with Crippen molar-refractivity contribution in [2.45, 2.75) is 26.2 Å². The Morgan fingerprint density at radius 1 is 1.52 bits per heavy atom. The van der Waals surface area contributed by atoms with Crippen LogP contribution in [0.5, 0.6) is 0 Å². The van der Waals surface area contributed by atoms with Crippen LogP contribution in [0.4, 0.5) is 0 Å². The summed E-state index contributed by atoms with van der Waals surface area (Å²) in [5, 5.41) is 11.4. The Balaban J connectivity index is 2.29. The van der Waals surface area contributed by atoms with E-state index < -0.39 is 5.97 Å². The lowest BCUT2D eigenvalue weighted by Gasteiger charge is -2.16. The van der Waals surface area contributed by atoms with E-state index in [1.165, 1.54) is 0 Å². The molecule has 0 radical (unpaired) electrons. The van der Waals surface area contributed by atoms with Crippen molar-refractivity contribution in [3.8, 4) is 0 Å². The maximum absolute atomic E-state index is 12.0. The summed E-state index contributed by atoms with van der Waals surface area (Å²) in [4.78, 5) is 35.9. The van der Waals surface area contributed by atoms with Crippen molar-refractivity contribution >= 4 is 17.8 Å². The summed E-state index contributed by atoms with van der Waals surface area (Å²) in [6.45, 7) is 3.74. The zero-order valence-corrected chi connectivity index (χ0v) is 12.6. The largest absolute Gasteiger partial charge is 0.481 e. The molecule has 0 saturated carbocycles. The molecule has 0 aromatic carbocycles. The topological polar surface area (TPSA) is 95.9 Å². The zero-order valence-electron chi connectivity index (χ0n) is 12.6. The highest BCUT2D eigenvalue weighted by Gasteiger charge is 2.33. The van der Waals surface area contributed by atoms with Crippen LogP contribution in [0.1, 0.15) is 26.2 Å². The minimum absolute atomic E-state index is 0.0221. The number of rotatable bonds is 9. The predicted octanol–water partition coefficient (Wildman–Crippen LogP) is 0.0984. The first-order chi connectivity index (χ1) is 9.93. The molecule has 2 N–H and O–H groups in total. The van der Waals surface area contributed by atoms with Gasteiger partial charge in [0.05, 0.1) is 12.5 Å². The molecule has 7 heteroatoms. The fraction of sp³-hybridized carbons (Fsp3) is 0.786. The second kappa shape index (κ2) is 8.61. The molecule has 1 rings (SSSR count). The van der Waals surface area contributed by atoms with Gasteiger partial charge in [-0.1, -0.05) is 6.92 Å². The lowest BCUT2D eigenvalue weighted by Crippen LogP contribution is -2.36. The number of methoxy groups -OCH3 is 1. The van der Waals surface area contributed by atoms with Gasteiger partial charge in [-0.25, -0.2) is 0 Å². The SMILES string of the molecule is COCCN1CC(C(=O)NCC(C)CCC(=O)O)CC1=O. The Labute approximate surface area is 124 Å². The van der Waals surface area contributed by atoms with Crippen molar-refractivity contribution in [1.82, 2.24) is 10.2 Å². The van der Waals surface area contributed by atoms with Gasteiger partial charge in [0, 0.05) is 39.6 Å². The van der Waals surface area contributed by atoms with Crippen molar-refractivity contribution < 1.29 is 24.2 Å². The van der Waals surface area contributed by atoms with E-state index in [4.69, 9.17) is 9.84 Å². The molecular formula is C14H24N2O5. The molecule has 1 aliphatic heterocycles. The number of hydrogen-bond acceptors (Lipinski definition) is 4. The molecule has 1 heterocycles. The normalized spacial score (nSPS) is 19.6. The third-order valence-corrected chi connectivity index (χ3v) is 3.63. The average Bonchev–Trinajstić information content (AvgIpc) is 2.81. The Kier molecular flexibility index (Phi) is 7.14. The van der Waals surface area contributed by atoms with E-state index in [-0.39, 0.29) is 36.5 Å². The van der Waals surface area contributed by atoms with Crippen molar-refractivity contribution in [2.75, 3.05) is 33.4 Å². The number of nitrogens with zero attached hydrogens (tertiary/aromatic N) is 1. The maximum atomic E-state index is 12.0. The van der Waals surface area contributed by atoms with E-state index in [1.807, 2.05) is 6.92 Å². The minimum Gasteiger partial charge on any atom is -0.481 e. The van der Waals surface area contributed by atoms with E-state index in [1.54, 1.807) is 12.0 Å². The molecule has 0 bridgehead atoms. The molecule has 7 nitrogen and oxygen atoms in total. The fourth-order valence-corrected chi connectivity index (χ4v) is 2.26. The van der Waals surface area contributed by atoms with Gasteiger partial charge in [0.25, 0.3) is 0 Å². The third kappa shape index (κ3) is 6.12. The second-order valence-corrected chi connectivity index (χ2v) is 5.52. The Morgan fingerprint density at radius 2 is 2.24 bits per heavy atom. The third-order valence-electron chi connectivity index (χ3n) is 3.63. The minimum atomic E-state index is -0.830. The number of aliphatic carboxylic acids is 1. The van der Waals surface area contributed by atoms with Crippen LogP contribution >= 0.6 is 0 Å². The van der Waals surface area contributed by atoms with Gasteiger partial charge in [-0.15, -0.1) is 0 Å². The van der Waals surface area contributed by atoms with E-state index >= 15 is 0 Å². The number of carbonyl (C=O) groups is 3. The Hall–Kier alpha value is -1.63. The highest BCUT2D eigenvalue weighted by Crippen LogP contribution is 2.17. The number of carbonyl (C=O) groups excluding carboxylic acids is 2. The van der Waals surface area contributed by atoms with E-state index in [2.05, 4.69) is 5.32 Å². The second-order valence-electron chi connectivity index (χ2n) is 5.52. The highest BCUT2D eigenvalue weighted by molar-refractivity contribution is 5.89. The summed E-state index contributed by atoms with van der Waals surface area (Å²) in [6, 6.07) is 0. The first kappa shape index (κ1) is 17.4. The molecule has 2 amide bonds. The number of carboxylic acids is 1. The van der Waals surface area contributed by atoms with Crippen LogP contribution in [-0.4, -0.2) is 61.1 Å². The number of ether oxygens (including phenoxy) is 1. The van der Waals surface area contributed by atoms with E-state index in [9.17, 15) is 14.4 Å². The van der Waals surface area contributed by atoms with Gasteiger partial charge in [0.1, 0.15) is 0 Å². The number of carboxylic acid groups (broad SMARTS) is 1. The predicted molar refractivity (Wildman–Crippen MR) is 75.6 cm³/mol. The van der Waals surface area contributed by atoms with Crippen molar-refractivity contribution in [3.05, 3.63) is 0 Å². The van der Waals surface area contributed by atoms with Crippen LogP contribution in [0, 0.1) is 11.8 Å². The molecule has 0 aliphatic carbocycles. The van der Waals surface area contributed by atoms with Gasteiger partial charge < -0.3 is 20.1 Å². The lowest BCUT2D eigenvalue weighted by molar-refractivity contribution is -0.137. The molecule has 0 aromatic heterocycles. The van der Waals surface area contributed by atoms with E-state index in [0.717, 1.165) is 0 Å². The molecule has 1 fully saturated rings. The molecule has 1 saturated heterocycles.